The number of ether oxygens (including phenoxy) is 1. The molecule has 7 heteroatoms. The highest BCUT2D eigenvalue weighted by atomic mass is 16.5. The Hall–Kier alpha value is -2.83. The van der Waals surface area contributed by atoms with Crippen molar-refractivity contribution in [3.63, 3.8) is 0 Å². The van der Waals surface area contributed by atoms with Crippen LogP contribution in [-0.4, -0.2) is 36.3 Å². The van der Waals surface area contributed by atoms with Gasteiger partial charge >= 0.3 is 5.97 Å². The molecule has 7 nitrogen and oxygen atoms in total. The molecule has 0 aliphatic rings. The van der Waals surface area contributed by atoms with E-state index in [1.54, 1.807) is 31.3 Å². The Morgan fingerprint density at radius 1 is 1.35 bits per heavy atom. The number of hydrogen-bond acceptors (Lipinski definition) is 5. The molecule has 2 rings (SSSR count). The number of rotatable bonds is 4. The lowest BCUT2D eigenvalue weighted by Gasteiger charge is -2.16. The number of anilines is 1. The van der Waals surface area contributed by atoms with Crippen molar-refractivity contribution in [3.05, 3.63) is 41.8 Å². The Morgan fingerprint density at radius 3 is 2.70 bits per heavy atom. The Morgan fingerprint density at radius 2 is 2.10 bits per heavy atom. The SMILES string of the molecule is COc1cccc(N(C)C(=O)c2cc(C(=O)O)on2)c1. The van der Waals surface area contributed by atoms with Gasteiger partial charge in [0.15, 0.2) is 5.69 Å². The number of amides is 1. The summed E-state index contributed by atoms with van der Waals surface area (Å²) >= 11 is 0. The fraction of sp³-hybridized carbons (Fsp3) is 0.154. The third-order valence-corrected chi connectivity index (χ3v) is 2.69. The summed E-state index contributed by atoms with van der Waals surface area (Å²) in [5, 5.41) is 12.2. The summed E-state index contributed by atoms with van der Waals surface area (Å²) in [7, 11) is 3.07. The summed E-state index contributed by atoms with van der Waals surface area (Å²) in [6.45, 7) is 0. The fourth-order valence-electron chi connectivity index (χ4n) is 1.58. The summed E-state index contributed by atoms with van der Waals surface area (Å²) in [4.78, 5) is 24.2. The topological polar surface area (TPSA) is 92.9 Å². The average molecular weight is 276 g/mol. The molecule has 0 unspecified atom stereocenters. The minimum atomic E-state index is -1.28. The standard InChI is InChI=1S/C13H12N2O5/c1-15(8-4-3-5-9(6-8)19-2)12(16)10-7-11(13(17)18)20-14-10/h3-7H,1-2H3,(H,17,18). The molecule has 0 saturated heterocycles. The van der Waals surface area contributed by atoms with Crippen molar-refractivity contribution in [1.29, 1.82) is 0 Å². The summed E-state index contributed by atoms with van der Waals surface area (Å²) < 4.78 is 9.63. The number of carboxylic acids is 1. The van der Waals surface area contributed by atoms with Crippen molar-refractivity contribution in [2.24, 2.45) is 0 Å². The van der Waals surface area contributed by atoms with Gasteiger partial charge in [-0.3, -0.25) is 4.79 Å². The molecule has 1 aromatic carbocycles. The molecule has 0 aliphatic carbocycles. The van der Waals surface area contributed by atoms with Crippen LogP contribution in [0.5, 0.6) is 5.75 Å². The summed E-state index contributed by atoms with van der Waals surface area (Å²) in [6, 6.07) is 7.97. The lowest BCUT2D eigenvalue weighted by Crippen LogP contribution is -2.26. The molecule has 0 bridgehead atoms. The fourth-order valence-corrected chi connectivity index (χ4v) is 1.58. The second-order valence-electron chi connectivity index (χ2n) is 3.95. The van der Waals surface area contributed by atoms with E-state index in [0.29, 0.717) is 11.4 Å². The first kappa shape index (κ1) is 13.6. The van der Waals surface area contributed by atoms with Crippen LogP contribution in [0.3, 0.4) is 0 Å². The molecular formula is C13H12N2O5. The maximum absolute atomic E-state index is 12.2. The van der Waals surface area contributed by atoms with E-state index in [0.717, 1.165) is 6.07 Å². The Balaban J connectivity index is 2.24. The molecule has 1 N–H and O–H groups in total. The quantitative estimate of drug-likeness (QED) is 0.912. The summed E-state index contributed by atoms with van der Waals surface area (Å²) in [5.41, 5.74) is 0.516. The maximum atomic E-state index is 12.2. The first-order valence-corrected chi connectivity index (χ1v) is 5.65. The van der Waals surface area contributed by atoms with Gasteiger partial charge in [0.25, 0.3) is 5.91 Å². The van der Waals surface area contributed by atoms with Crippen molar-refractivity contribution in [3.8, 4) is 5.75 Å². The van der Waals surface area contributed by atoms with E-state index < -0.39 is 11.9 Å². The van der Waals surface area contributed by atoms with Crippen LogP contribution in [0.1, 0.15) is 21.0 Å². The second-order valence-corrected chi connectivity index (χ2v) is 3.95. The molecule has 1 amide bonds. The highest BCUT2D eigenvalue weighted by molar-refractivity contribution is 6.05. The maximum Gasteiger partial charge on any atom is 0.374 e. The van der Waals surface area contributed by atoms with E-state index in [2.05, 4.69) is 9.68 Å². The van der Waals surface area contributed by atoms with Gasteiger partial charge in [-0.05, 0) is 12.1 Å². The van der Waals surface area contributed by atoms with Gasteiger partial charge in [0, 0.05) is 24.9 Å². The van der Waals surface area contributed by atoms with Crippen LogP contribution >= 0.6 is 0 Å². The Bertz CT molecular complexity index is 650. The van der Waals surface area contributed by atoms with Crippen molar-refractivity contribution < 1.29 is 24.0 Å². The number of aromatic nitrogens is 1. The molecule has 0 radical (unpaired) electrons. The van der Waals surface area contributed by atoms with Crippen molar-refractivity contribution >= 4 is 17.6 Å². The van der Waals surface area contributed by atoms with Crippen LogP contribution in [0.25, 0.3) is 0 Å². The predicted octanol–water partition coefficient (Wildman–Crippen LogP) is 1.66. The second kappa shape index (κ2) is 5.43. The van der Waals surface area contributed by atoms with Crippen LogP contribution in [0.2, 0.25) is 0 Å². The van der Waals surface area contributed by atoms with Gasteiger partial charge < -0.3 is 19.3 Å². The van der Waals surface area contributed by atoms with Gasteiger partial charge in [0.2, 0.25) is 5.76 Å². The zero-order valence-electron chi connectivity index (χ0n) is 10.9. The van der Waals surface area contributed by atoms with Gasteiger partial charge in [-0.1, -0.05) is 11.2 Å². The molecule has 0 saturated carbocycles. The largest absolute Gasteiger partial charge is 0.497 e. The van der Waals surface area contributed by atoms with Crippen molar-refractivity contribution in [2.75, 3.05) is 19.1 Å². The molecule has 20 heavy (non-hydrogen) atoms. The third-order valence-electron chi connectivity index (χ3n) is 2.69. The highest BCUT2D eigenvalue weighted by Gasteiger charge is 2.20. The molecular weight excluding hydrogens is 264 g/mol. The number of hydrogen-bond donors (Lipinski definition) is 1. The van der Waals surface area contributed by atoms with Crippen LogP contribution in [0.15, 0.2) is 34.9 Å². The zero-order valence-corrected chi connectivity index (χ0v) is 10.9. The minimum absolute atomic E-state index is 0.0762. The highest BCUT2D eigenvalue weighted by Crippen LogP contribution is 2.21. The summed E-state index contributed by atoms with van der Waals surface area (Å²) in [6.07, 6.45) is 0. The lowest BCUT2D eigenvalue weighted by molar-refractivity contribution is 0.0651. The van der Waals surface area contributed by atoms with E-state index in [1.807, 2.05) is 0 Å². The Kier molecular flexibility index (Phi) is 3.69. The van der Waals surface area contributed by atoms with E-state index in [9.17, 15) is 9.59 Å². The van der Waals surface area contributed by atoms with Crippen molar-refractivity contribution in [2.45, 2.75) is 0 Å². The van der Waals surface area contributed by atoms with Crippen LogP contribution in [0, 0.1) is 0 Å². The molecule has 2 aromatic rings. The monoisotopic (exact) mass is 276 g/mol. The van der Waals surface area contributed by atoms with Crippen LogP contribution in [0.4, 0.5) is 5.69 Å². The molecule has 104 valence electrons. The van der Waals surface area contributed by atoms with Gasteiger partial charge in [0.1, 0.15) is 5.75 Å². The number of carbonyl (C=O) groups is 2. The van der Waals surface area contributed by atoms with Gasteiger partial charge in [-0.2, -0.15) is 0 Å². The lowest BCUT2D eigenvalue weighted by atomic mass is 10.2. The predicted molar refractivity (Wildman–Crippen MR) is 69.2 cm³/mol. The minimum Gasteiger partial charge on any atom is -0.497 e. The molecule has 1 aromatic heterocycles. The zero-order chi connectivity index (χ0) is 14.7. The van der Waals surface area contributed by atoms with Crippen LogP contribution < -0.4 is 9.64 Å². The molecule has 0 fully saturated rings. The number of aromatic carboxylic acids is 1. The first-order valence-electron chi connectivity index (χ1n) is 5.65. The van der Waals surface area contributed by atoms with E-state index >= 15 is 0 Å². The van der Waals surface area contributed by atoms with Gasteiger partial charge in [-0.15, -0.1) is 0 Å². The average Bonchev–Trinajstić information content (AvgIpc) is 2.95. The third kappa shape index (κ3) is 2.61. The molecule has 0 spiro atoms. The van der Waals surface area contributed by atoms with Gasteiger partial charge in [0.05, 0.1) is 7.11 Å². The van der Waals surface area contributed by atoms with Gasteiger partial charge in [-0.25, -0.2) is 4.79 Å². The van der Waals surface area contributed by atoms with Crippen molar-refractivity contribution in [1.82, 2.24) is 5.16 Å². The first-order chi connectivity index (χ1) is 9.52. The van der Waals surface area contributed by atoms with E-state index in [-0.39, 0.29) is 11.5 Å². The van der Waals surface area contributed by atoms with E-state index in [1.165, 1.54) is 12.0 Å². The molecule has 0 aliphatic heterocycles. The normalized spacial score (nSPS) is 10.1. The number of carboxylic acid groups (broad SMARTS) is 1. The number of nitrogens with zero attached hydrogens (tertiary/aromatic N) is 2. The molecule has 0 atom stereocenters. The van der Waals surface area contributed by atoms with Crippen LogP contribution in [-0.2, 0) is 0 Å². The van der Waals surface area contributed by atoms with E-state index in [4.69, 9.17) is 9.84 Å². The number of methoxy groups -OCH3 is 1. The smallest absolute Gasteiger partial charge is 0.374 e. The number of benzene rings is 1. The molecule has 1 heterocycles. The number of carbonyl (C=O) groups excluding carboxylic acids is 1. The Labute approximate surface area is 114 Å². The summed E-state index contributed by atoms with van der Waals surface area (Å²) in [5.74, 6) is -1.53.